The molecule has 2 fully saturated rings. The van der Waals surface area contributed by atoms with Gasteiger partial charge in [0, 0.05) is 30.3 Å². The van der Waals surface area contributed by atoms with Crippen molar-refractivity contribution in [3.63, 3.8) is 0 Å². The van der Waals surface area contributed by atoms with Crippen LogP contribution < -0.4 is 0 Å². The lowest BCUT2D eigenvalue weighted by Crippen LogP contribution is -2.51. The summed E-state index contributed by atoms with van der Waals surface area (Å²) in [7, 11) is -3.79. The van der Waals surface area contributed by atoms with Crippen LogP contribution in [-0.4, -0.2) is 35.7 Å². The van der Waals surface area contributed by atoms with Gasteiger partial charge in [0.25, 0.3) is 10.0 Å². The average Bonchev–Trinajstić information content (AvgIpc) is 3.38. The Morgan fingerprint density at radius 1 is 1.00 bits per heavy atom. The zero-order valence-corrected chi connectivity index (χ0v) is 18.4. The molecule has 0 unspecified atom stereocenters. The van der Waals surface area contributed by atoms with Gasteiger partial charge in [0.15, 0.2) is 0 Å². The standard InChI is InChI=1S/C25H26N2O3S/c1-16-9-11-17(12-10-16)31(29,30)27-22-7-3-2-5-18(22)19-13-14-26-21-8-4-6-20(21)24(28)15-23(26)25(19)27/h2-3,5,7,9-12,20-21,23H,4,6,8,13-15H2,1H3/t20-,21+,23-/m0/s1. The number of Topliss-reactive ketones (excluding diaryl/α,β-unsaturated/α-hetero) is 1. The monoisotopic (exact) mass is 434 g/mol. The van der Waals surface area contributed by atoms with Gasteiger partial charge in [-0.05, 0) is 49.9 Å². The van der Waals surface area contributed by atoms with E-state index in [1.54, 1.807) is 16.1 Å². The highest BCUT2D eigenvalue weighted by Crippen LogP contribution is 2.48. The van der Waals surface area contributed by atoms with E-state index in [9.17, 15) is 13.2 Å². The van der Waals surface area contributed by atoms with Crippen LogP contribution in [0.2, 0.25) is 0 Å². The number of ketones is 1. The molecular formula is C25H26N2O3S. The van der Waals surface area contributed by atoms with Crippen molar-refractivity contribution in [2.75, 3.05) is 6.54 Å². The highest BCUT2D eigenvalue weighted by Gasteiger charge is 2.49. The molecule has 1 saturated heterocycles. The smallest absolute Gasteiger partial charge is 0.268 e. The van der Waals surface area contributed by atoms with Crippen molar-refractivity contribution in [1.82, 2.24) is 8.87 Å². The third-order valence-corrected chi connectivity index (χ3v) is 9.33. The van der Waals surface area contributed by atoms with Crippen LogP contribution in [0.1, 0.15) is 48.5 Å². The Labute approximate surface area is 182 Å². The fourth-order valence-corrected chi connectivity index (χ4v) is 7.79. The number of benzene rings is 2. The number of aryl methyl sites for hydroxylation is 1. The predicted molar refractivity (Wildman–Crippen MR) is 120 cm³/mol. The van der Waals surface area contributed by atoms with Gasteiger partial charge >= 0.3 is 0 Å². The van der Waals surface area contributed by atoms with E-state index < -0.39 is 10.0 Å². The number of hydrogen-bond donors (Lipinski definition) is 0. The number of para-hydroxylation sites is 1. The summed E-state index contributed by atoms with van der Waals surface area (Å²) in [5.74, 6) is 0.436. The summed E-state index contributed by atoms with van der Waals surface area (Å²) >= 11 is 0. The van der Waals surface area contributed by atoms with Gasteiger partial charge < -0.3 is 0 Å². The number of carbonyl (C=O) groups is 1. The molecule has 3 atom stereocenters. The summed E-state index contributed by atoms with van der Waals surface area (Å²) in [4.78, 5) is 15.8. The van der Waals surface area contributed by atoms with Crippen LogP contribution in [0.4, 0.5) is 0 Å². The number of piperidine rings is 1. The second-order valence-corrected chi connectivity index (χ2v) is 11.0. The van der Waals surface area contributed by atoms with E-state index in [0.29, 0.717) is 17.1 Å². The summed E-state index contributed by atoms with van der Waals surface area (Å²) in [5, 5.41) is 0.994. The normalized spacial score (nSPS) is 26.0. The van der Waals surface area contributed by atoms with Gasteiger partial charge in [-0.15, -0.1) is 0 Å². The first kappa shape index (κ1) is 19.3. The fourth-order valence-electron chi connectivity index (χ4n) is 6.19. The molecule has 3 aromatic rings. The maximum atomic E-state index is 13.9. The average molecular weight is 435 g/mol. The Kier molecular flexibility index (Phi) is 4.21. The number of nitrogens with zero attached hydrogens (tertiary/aromatic N) is 2. The zero-order chi connectivity index (χ0) is 21.3. The van der Waals surface area contributed by atoms with Gasteiger partial charge in [0.1, 0.15) is 5.78 Å². The van der Waals surface area contributed by atoms with E-state index in [-0.39, 0.29) is 18.0 Å². The summed E-state index contributed by atoms with van der Waals surface area (Å²) in [6.07, 6.45) is 4.33. The van der Waals surface area contributed by atoms with Gasteiger partial charge in [-0.3, -0.25) is 9.69 Å². The molecule has 1 saturated carbocycles. The minimum atomic E-state index is -3.79. The molecule has 0 amide bonds. The molecule has 3 aliphatic rings. The van der Waals surface area contributed by atoms with Crippen molar-refractivity contribution in [2.24, 2.45) is 5.92 Å². The van der Waals surface area contributed by atoms with Crippen LogP contribution in [0, 0.1) is 12.8 Å². The molecule has 3 heterocycles. The molecule has 1 aromatic heterocycles. The summed E-state index contributed by atoms with van der Waals surface area (Å²) in [6.45, 7) is 2.84. The SMILES string of the molecule is Cc1ccc(S(=O)(=O)n2c3c(c4ccccc42)CCN2[C@@H]4CCC[C@@H]4C(=O)C[C@@H]32)cc1. The van der Waals surface area contributed by atoms with Crippen LogP contribution in [0.25, 0.3) is 10.9 Å². The number of hydrogen-bond acceptors (Lipinski definition) is 4. The second-order valence-electron chi connectivity index (χ2n) is 9.24. The first-order chi connectivity index (χ1) is 15.0. The highest BCUT2D eigenvalue weighted by atomic mass is 32.2. The van der Waals surface area contributed by atoms with Gasteiger partial charge in [-0.2, -0.15) is 0 Å². The largest absolute Gasteiger partial charge is 0.299 e. The summed E-state index contributed by atoms with van der Waals surface area (Å²) in [6, 6.07) is 14.9. The lowest BCUT2D eigenvalue weighted by Gasteiger charge is -2.46. The lowest BCUT2D eigenvalue weighted by molar-refractivity contribution is -0.131. The van der Waals surface area contributed by atoms with Crippen LogP contribution in [-0.2, 0) is 21.2 Å². The lowest BCUT2D eigenvalue weighted by atomic mass is 9.82. The summed E-state index contributed by atoms with van der Waals surface area (Å²) < 4.78 is 29.4. The van der Waals surface area contributed by atoms with Crippen LogP contribution >= 0.6 is 0 Å². The minimum absolute atomic E-state index is 0.129. The molecule has 0 N–H and O–H groups in total. The van der Waals surface area contributed by atoms with E-state index in [1.807, 2.05) is 43.3 Å². The van der Waals surface area contributed by atoms with E-state index >= 15 is 0 Å². The Morgan fingerprint density at radius 2 is 1.77 bits per heavy atom. The Morgan fingerprint density at radius 3 is 2.58 bits per heavy atom. The fraction of sp³-hybridized carbons (Fsp3) is 0.400. The van der Waals surface area contributed by atoms with Gasteiger partial charge in [0.05, 0.1) is 22.1 Å². The zero-order valence-electron chi connectivity index (χ0n) is 17.6. The quantitative estimate of drug-likeness (QED) is 0.606. The van der Waals surface area contributed by atoms with Crippen molar-refractivity contribution in [3.8, 4) is 0 Å². The first-order valence-corrected chi connectivity index (χ1v) is 12.6. The molecule has 0 bridgehead atoms. The van der Waals surface area contributed by atoms with Gasteiger partial charge in [0.2, 0.25) is 0 Å². The third kappa shape index (κ3) is 2.71. The van der Waals surface area contributed by atoms with Gasteiger partial charge in [-0.25, -0.2) is 12.4 Å². The first-order valence-electron chi connectivity index (χ1n) is 11.2. The number of fused-ring (bicyclic) bond motifs is 7. The molecular weight excluding hydrogens is 408 g/mol. The van der Waals surface area contributed by atoms with Crippen molar-refractivity contribution in [2.45, 2.75) is 56.0 Å². The van der Waals surface area contributed by atoms with Crippen molar-refractivity contribution in [3.05, 3.63) is 65.4 Å². The molecule has 2 aromatic carbocycles. The van der Waals surface area contributed by atoms with E-state index in [1.165, 1.54) is 0 Å². The van der Waals surface area contributed by atoms with Crippen LogP contribution in [0.5, 0.6) is 0 Å². The maximum absolute atomic E-state index is 13.9. The predicted octanol–water partition coefficient (Wildman–Crippen LogP) is 4.23. The van der Waals surface area contributed by atoms with Crippen molar-refractivity contribution in [1.29, 1.82) is 0 Å². The van der Waals surface area contributed by atoms with Crippen LogP contribution in [0.3, 0.4) is 0 Å². The Hall–Kier alpha value is -2.44. The van der Waals surface area contributed by atoms with E-state index in [4.69, 9.17) is 0 Å². The minimum Gasteiger partial charge on any atom is -0.299 e. The Balaban J connectivity index is 1.60. The molecule has 0 radical (unpaired) electrons. The van der Waals surface area contributed by atoms with Gasteiger partial charge in [-0.1, -0.05) is 42.3 Å². The van der Waals surface area contributed by atoms with Crippen molar-refractivity contribution >= 4 is 26.7 Å². The molecule has 5 nitrogen and oxygen atoms in total. The third-order valence-electron chi connectivity index (χ3n) is 7.58. The molecule has 6 heteroatoms. The number of carbonyl (C=O) groups excluding carboxylic acids is 1. The summed E-state index contributed by atoms with van der Waals surface area (Å²) in [5.41, 5.74) is 3.65. The molecule has 0 spiro atoms. The van der Waals surface area contributed by atoms with Crippen molar-refractivity contribution < 1.29 is 13.2 Å². The molecule has 31 heavy (non-hydrogen) atoms. The van der Waals surface area contributed by atoms with Crippen LogP contribution in [0.15, 0.2) is 53.4 Å². The number of rotatable bonds is 2. The molecule has 160 valence electrons. The topological polar surface area (TPSA) is 59.4 Å². The number of aromatic nitrogens is 1. The molecule has 1 aliphatic carbocycles. The van der Waals surface area contributed by atoms with E-state index in [0.717, 1.165) is 60.0 Å². The van der Waals surface area contributed by atoms with E-state index in [2.05, 4.69) is 4.90 Å². The molecule has 6 rings (SSSR count). The second kappa shape index (κ2) is 6.78. The highest BCUT2D eigenvalue weighted by molar-refractivity contribution is 7.90. The Bertz CT molecular complexity index is 1310. The maximum Gasteiger partial charge on any atom is 0.268 e. The molecule has 2 aliphatic heterocycles.